The Morgan fingerprint density at radius 2 is 2.15 bits per heavy atom. The highest BCUT2D eigenvalue weighted by Crippen LogP contribution is 2.26. The number of carbonyl (C=O) groups excluding carboxylic acids is 1. The number of benzene rings is 1. The minimum Gasteiger partial charge on any atom is -0.432 e. The number of amides is 1. The number of halogens is 3. The Bertz CT molecular complexity index is 444. The van der Waals surface area contributed by atoms with Gasteiger partial charge in [0.15, 0.2) is 5.75 Å². The quantitative estimate of drug-likeness (QED) is 0.715. The summed E-state index contributed by atoms with van der Waals surface area (Å²) in [5.41, 5.74) is -0.0229. The lowest BCUT2D eigenvalue weighted by Gasteiger charge is -2.12. The molecule has 1 rings (SSSR count). The number of methoxy groups -OCH3 is 1. The van der Waals surface area contributed by atoms with Crippen LogP contribution >= 0.6 is 0 Å². The lowest BCUT2D eigenvalue weighted by atomic mass is 10.3. The van der Waals surface area contributed by atoms with Gasteiger partial charge in [0, 0.05) is 19.7 Å². The molecule has 5 nitrogen and oxygen atoms in total. The summed E-state index contributed by atoms with van der Waals surface area (Å²) in [4.78, 5) is 11.5. The van der Waals surface area contributed by atoms with Gasteiger partial charge in [-0.3, -0.25) is 4.79 Å². The van der Waals surface area contributed by atoms with Gasteiger partial charge in [-0.05, 0) is 12.1 Å². The molecule has 0 saturated carbocycles. The van der Waals surface area contributed by atoms with Crippen molar-refractivity contribution in [3.05, 3.63) is 24.0 Å². The molecule has 0 aliphatic heterocycles. The Morgan fingerprint density at radius 3 is 2.80 bits per heavy atom. The van der Waals surface area contributed by atoms with Gasteiger partial charge in [-0.2, -0.15) is 8.78 Å². The number of alkyl halides is 2. The normalized spacial score (nSPS) is 10.7. The maximum atomic E-state index is 13.0. The van der Waals surface area contributed by atoms with Crippen molar-refractivity contribution >= 4 is 11.6 Å². The van der Waals surface area contributed by atoms with Crippen molar-refractivity contribution in [1.29, 1.82) is 0 Å². The van der Waals surface area contributed by atoms with Crippen LogP contribution in [0, 0.1) is 5.82 Å². The second-order valence-corrected chi connectivity index (χ2v) is 3.74. The third kappa shape index (κ3) is 5.89. The molecular weight excluding hydrogens is 277 g/mol. The van der Waals surface area contributed by atoms with Crippen molar-refractivity contribution in [2.75, 3.05) is 32.1 Å². The van der Waals surface area contributed by atoms with Crippen LogP contribution in [0.1, 0.15) is 0 Å². The molecule has 2 N–H and O–H groups in total. The summed E-state index contributed by atoms with van der Waals surface area (Å²) in [7, 11) is 1.52. The molecule has 8 heteroatoms. The standard InChI is InChI=1S/C12H15F3N2O3/c1-19-5-4-16-7-11(18)17-9-3-2-8(13)6-10(9)20-12(14)15/h2-3,6,12,16H,4-5,7H2,1H3,(H,17,18). The first-order valence-corrected chi connectivity index (χ1v) is 5.76. The second-order valence-electron chi connectivity index (χ2n) is 3.74. The molecule has 0 atom stereocenters. The number of nitrogens with one attached hydrogen (secondary N) is 2. The zero-order valence-electron chi connectivity index (χ0n) is 10.8. The van der Waals surface area contributed by atoms with Crippen LogP contribution in [0.3, 0.4) is 0 Å². The topological polar surface area (TPSA) is 59.6 Å². The molecule has 0 heterocycles. The van der Waals surface area contributed by atoms with E-state index in [1.807, 2.05) is 0 Å². The minimum absolute atomic E-state index is 0.0229. The van der Waals surface area contributed by atoms with Gasteiger partial charge in [0.05, 0.1) is 18.8 Å². The van der Waals surface area contributed by atoms with Crippen LogP contribution in [0.5, 0.6) is 5.75 Å². The van der Waals surface area contributed by atoms with Crippen LogP contribution in [0.25, 0.3) is 0 Å². The predicted molar refractivity (Wildman–Crippen MR) is 66.4 cm³/mol. The molecule has 0 bridgehead atoms. The largest absolute Gasteiger partial charge is 0.432 e. The first kappa shape index (κ1) is 16.3. The number of rotatable bonds is 8. The molecule has 0 aliphatic carbocycles. The molecule has 1 aromatic rings. The molecule has 0 saturated heterocycles. The van der Waals surface area contributed by atoms with Crippen LogP contribution < -0.4 is 15.4 Å². The van der Waals surface area contributed by atoms with Gasteiger partial charge in [0.1, 0.15) is 5.82 Å². The van der Waals surface area contributed by atoms with Gasteiger partial charge >= 0.3 is 6.61 Å². The average Bonchev–Trinajstić information content (AvgIpc) is 2.37. The van der Waals surface area contributed by atoms with Crippen LogP contribution in [0.4, 0.5) is 18.9 Å². The number of hydrogen-bond donors (Lipinski definition) is 2. The smallest absolute Gasteiger partial charge is 0.387 e. The Morgan fingerprint density at radius 1 is 1.40 bits per heavy atom. The molecule has 0 aliphatic rings. The van der Waals surface area contributed by atoms with Gasteiger partial charge in [0.2, 0.25) is 5.91 Å². The molecule has 1 amide bonds. The number of hydrogen-bond acceptors (Lipinski definition) is 4. The van der Waals surface area contributed by atoms with E-state index < -0.39 is 24.1 Å². The highest BCUT2D eigenvalue weighted by Gasteiger charge is 2.13. The van der Waals surface area contributed by atoms with Gasteiger partial charge < -0.3 is 20.1 Å². The van der Waals surface area contributed by atoms with E-state index in [2.05, 4.69) is 15.4 Å². The maximum absolute atomic E-state index is 13.0. The fourth-order valence-corrected chi connectivity index (χ4v) is 1.36. The SMILES string of the molecule is COCCNCC(=O)Nc1ccc(F)cc1OC(F)F. The molecule has 0 spiro atoms. The molecule has 0 aromatic heterocycles. The third-order valence-corrected chi connectivity index (χ3v) is 2.20. The van der Waals surface area contributed by atoms with E-state index in [0.717, 1.165) is 18.2 Å². The van der Waals surface area contributed by atoms with Gasteiger partial charge in [-0.25, -0.2) is 4.39 Å². The monoisotopic (exact) mass is 292 g/mol. The summed E-state index contributed by atoms with van der Waals surface area (Å²) in [6, 6.07) is 2.96. The number of carbonyl (C=O) groups is 1. The van der Waals surface area contributed by atoms with E-state index in [1.54, 1.807) is 0 Å². The molecule has 20 heavy (non-hydrogen) atoms. The Hall–Kier alpha value is -1.80. The fourth-order valence-electron chi connectivity index (χ4n) is 1.36. The Kier molecular flexibility index (Phi) is 6.82. The van der Waals surface area contributed by atoms with E-state index in [4.69, 9.17) is 4.74 Å². The van der Waals surface area contributed by atoms with Crippen LogP contribution in [0.2, 0.25) is 0 Å². The Labute approximate surface area is 114 Å². The van der Waals surface area contributed by atoms with Crippen molar-refractivity contribution in [3.63, 3.8) is 0 Å². The third-order valence-electron chi connectivity index (χ3n) is 2.20. The van der Waals surface area contributed by atoms with Crippen LogP contribution in [-0.4, -0.2) is 39.3 Å². The molecule has 0 radical (unpaired) electrons. The lowest BCUT2D eigenvalue weighted by molar-refractivity contribution is -0.115. The maximum Gasteiger partial charge on any atom is 0.387 e. The van der Waals surface area contributed by atoms with Crippen LogP contribution in [-0.2, 0) is 9.53 Å². The zero-order chi connectivity index (χ0) is 15.0. The molecule has 1 aromatic carbocycles. The first-order valence-electron chi connectivity index (χ1n) is 5.76. The van der Waals surface area contributed by atoms with E-state index in [0.29, 0.717) is 13.2 Å². The summed E-state index contributed by atoms with van der Waals surface area (Å²) >= 11 is 0. The minimum atomic E-state index is -3.10. The Balaban J connectivity index is 2.59. The van der Waals surface area contributed by atoms with Crippen molar-refractivity contribution in [2.24, 2.45) is 0 Å². The zero-order valence-corrected chi connectivity index (χ0v) is 10.8. The van der Waals surface area contributed by atoms with Crippen LogP contribution in [0.15, 0.2) is 18.2 Å². The van der Waals surface area contributed by atoms with Gasteiger partial charge in [-0.1, -0.05) is 0 Å². The van der Waals surface area contributed by atoms with Crippen molar-refractivity contribution < 1.29 is 27.4 Å². The average molecular weight is 292 g/mol. The summed E-state index contributed by atoms with van der Waals surface area (Å²) in [5.74, 6) is -1.63. The molecular formula is C12H15F3N2O3. The highest BCUT2D eigenvalue weighted by atomic mass is 19.3. The summed E-state index contributed by atoms with van der Waals surface area (Å²) < 4.78 is 46.2. The summed E-state index contributed by atoms with van der Waals surface area (Å²) in [6.45, 7) is -2.24. The number of anilines is 1. The van der Waals surface area contributed by atoms with Crippen molar-refractivity contribution in [3.8, 4) is 5.75 Å². The van der Waals surface area contributed by atoms with Crippen molar-refractivity contribution in [1.82, 2.24) is 5.32 Å². The molecule has 112 valence electrons. The van der Waals surface area contributed by atoms with E-state index in [1.165, 1.54) is 7.11 Å². The number of ether oxygens (including phenoxy) is 2. The fraction of sp³-hybridized carbons (Fsp3) is 0.417. The van der Waals surface area contributed by atoms with Gasteiger partial charge in [0.25, 0.3) is 0 Å². The molecule has 0 unspecified atom stereocenters. The highest BCUT2D eigenvalue weighted by molar-refractivity contribution is 5.93. The summed E-state index contributed by atoms with van der Waals surface area (Å²) in [6.07, 6.45) is 0. The predicted octanol–water partition coefficient (Wildman–Crippen LogP) is 1.60. The van der Waals surface area contributed by atoms with E-state index in [9.17, 15) is 18.0 Å². The van der Waals surface area contributed by atoms with E-state index in [-0.39, 0.29) is 12.2 Å². The van der Waals surface area contributed by atoms with Gasteiger partial charge in [-0.15, -0.1) is 0 Å². The second kappa shape index (κ2) is 8.39. The van der Waals surface area contributed by atoms with Crippen molar-refractivity contribution in [2.45, 2.75) is 6.61 Å². The molecule has 0 fully saturated rings. The first-order chi connectivity index (χ1) is 9.52. The summed E-state index contributed by atoms with van der Waals surface area (Å²) in [5, 5.41) is 5.13. The lowest BCUT2D eigenvalue weighted by Crippen LogP contribution is -2.30. The van der Waals surface area contributed by atoms with E-state index >= 15 is 0 Å².